The Morgan fingerprint density at radius 2 is 2.30 bits per heavy atom. The highest BCUT2D eigenvalue weighted by atomic mass is 79.9. The lowest BCUT2D eigenvalue weighted by Gasteiger charge is -2.46. The third-order valence-corrected chi connectivity index (χ3v) is 4.96. The van der Waals surface area contributed by atoms with Crippen LogP contribution in [-0.4, -0.2) is 31.3 Å². The van der Waals surface area contributed by atoms with Gasteiger partial charge in [0.15, 0.2) is 5.96 Å². The molecule has 4 nitrogen and oxygen atoms in total. The molecule has 1 aromatic carbocycles. The predicted octanol–water partition coefficient (Wildman–Crippen LogP) is 2.91. The van der Waals surface area contributed by atoms with E-state index in [-0.39, 0.29) is 11.6 Å². The van der Waals surface area contributed by atoms with E-state index >= 15 is 0 Å². The van der Waals surface area contributed by atoms with Gasteiger partial charge in [-0.05, 0) is 31.0 Å². The average molecular weight is 338 g/mol. The van der Waals surface area contributed by atoms with Crippen LogP contribution in [0.25, 0.3) is 0 Å². The van der Waals surface area contributed by atoms with Crippen LogP contribution < -0.4 is 10.6 Å². The van der Waals surface area contributed by atoms with Crippen LogP contribution in [0.3, 0.4) is 0 Å². The van der Waals surface area contributed by atoms with Crippen LogP contribution >= 0.6 is 15.9 Å². The van der Waals surface area contributed by atoms with Crippen molar-refractivity contribution in [3.63, 3.8) is 0 Å². The molecule has 5 heteroatoms. The molecule has 3 rings (SSSR count). The Morgan fingerprint density at radius 3 is 3.05 bits per heavy atom. The van der Waals surface area contributed by atoms with E-state index in [1.807, 2.05) is 12.1 Å². The maximum absolute atomic E-state index is 6.19. The van der Waals surface area contributed by atoms with E-state index in [0.717, 1.165) is 29.5 Å². The van der Waals surface area contributed by atoms with E-state index in [2.05, 4.69) is 38.0 Å². The second-order valence-electron chi connectivity index (χ2n) is 5.56. The van der Waals surface area contributed by atoms with Crippen LogP contribution in [0.4, 0.5) is 5.69 Å². The summed E-state index contributed by atoms with van der Waals surface area (Å²) in [5.41, 5.74) is 7.16. The largest absolute Gasteiger partial charge is 0.379 e. The van der Waals surface area contributed by atoms with Crippen molar-refractivity contribution in [3.8, 4) is 0 Å². The van der Waals surface area contributed by atoms with E-state index in [1.165, 1.54) is 12.8 Å². The van der Waals surface area contributed by atoms with Gasteiger partial charge in [0.05, 0.1) is 18.2 Å². The lowest BCUT2D eigenvalue weighted by atomic mass is 9.78. The van der Waals surface area contributed by atoms with Crippen LogP contribution in [0, 0.1) is 0 Å². The Balaban J connectivity index is 2.03. The minimum absolute atomic E-state index is 0.113. The molecule has 0 amide bonds. The second-order valence-corrected chi connectivity index (χ2v) is 6.48. The Bertz CT molecular complexity index is 534. The first-order valence-electron chi connectivity index (χ1n) is 7.06. The number of nitrogens with two attached hydrogens (primary N) is 1. The molecule has 20 heavy (non-hydrogen) atoms. The summed E-state index contributed by atoms with van der Waals surface area (Å²) in [6.45, 7) is 0.726. The van der Waals surface area contributed by atoms with Crippen LogP contribution in [0.2, 0.25) is 0 Å². The number of nitrogens with zero attached hydrogens (tertiary/aromatic N) is 2. The van der Waals surface area contributed by atoms with E-state index in [1.54, 1.807) is 7.11 Å². The van der Waals surface area contributed by atoms with E-state index in [9.17, 15) is 0 Å². The molecule has 1 aromatic rings. The van der Waals surface area contributed by atoms with Crippen LogP contribution in [-0.2, 0) is 4.74 Å². The SMILES string of the molecule is COC1CCCCC12CN=C(N)N2c1cccc(Br)c1. The van der Waals surface area contributed by atoms with Gasteiger partial charge in [-0.1, -0.05) is 34.8 Å². The van der Waals surface area contributed by atoms with Crippen molar-refractivity contribution in [2.24, 2.45) is 10.7 Å². The lowest BCUT2D eigenvalue weighted by molar-refractivity contribution is 0.0144. The monoisotopic (exact) mass is 337 g/mol. The summed E-state index contributed by atoms with van der Waals surface area (Å²) >= 11 is 3.54. The fourth-order valence-electron chi connectivity index (χ4n) is 3.56. The zero-order valence-electron chi connectivity index (χ0n) is 11.7. The van der Waals surface area contributed by atoms with Crippen LogP contribution in [0.5, 0.6) is 0 Å². The lowest BCUT2D eigenvalue weighted by Crippen LogP contribution is -2.61. The number of aliphatic imine (C=N–C) groups is 1. The van der Waals surface area contributed by atoms with Crippen molar-refractivity contribution < 1.29 is 4.74 Å². The van der Waals surface area contributed by atoms with Gasteiger partial charge in [-0.15, -0.1) is 0 Å². The maximum atomic E-state index is 6.19. The fourth-order valence-corrected chi connectivity index (χ4v) is 3.94. The zero-order valence-corrected chi connectivity index (χ0v) is 13.3. The van der Waals surface area contributed by atoms with Gasteiger partial charge >= 0.3 is 0 Å². The molecule has 1 spiro atoms. The van der Waals surface area contributed by atoms with Gasteiger partial charge in [0.25, 0.3) is 0 Å². The number of hydrogen-bond donors (Lipinski definition) is 1. The summed E-state index contributed by atoms with van der Waals surface area (Å²) in [6, 6.07) is 8.23. The highest BCUT2D eigenvalue weighted by Crippen LogP contribution is 2.41. The smallest absolute Gasteiger partial charge is 0.196 e. The predicted molar refractivity (Wildman–Crippen MR) is 85.1 cm³/mol. The summed E-state index contributed by atoms with van der Waals surface area (Å²) < 4.78 is 6.83. The Morgan fingerprint density at radius 1 is 1.45 bits per heavy atom. The molecule has 0 aromatic heterocycles. The first-order chi connectivity index (χ1) is 9.67. The Kier molecular flexibility index (Phi) is 3.73. The number of ether oxygens (including phenoxy) is 1. The van der Waals surface area contributed by atoms with E-state index in [0.29, 0.717) is 5.96 Å². The summed E-state index contributed by atoms with van der Waals surface area (Å²) in [5.74, 6) is 0.604. The number of guanidine groups is 1. The van der Waals surface area contributed by atoms with Crippen molar-refractivity contribution in [3.05, 3.63) is 28.7 Å². The third kappa shape index (κ3) is 2.13. The molecule has 2 unspecified atom stereocenters. The van der Waals surface area contributed by atoms with Gasteiger partial charge < -0.3 is 15.4 Å². The molecule has 0 saturated heterocycles. The Hall–Kier alpha value is -1.07. The van der Waals surface area contributed by atoms with Gasteiger partial charge in [0, 0.05) is 17.3 Å². The molecular weight excluding hydrogens is 318 g/mol. The van der Waals surface area contributed by atoms with Crippen LogP contribution in [0.1, 0.15) is 25.7 Å². The molecular formula is C15H20BrN3O. The normalized spacial score (nSPS) is 29.8. The molecule has 1 aliphatic carbocycles. The molecule has 1 fully saturated rings. The second kappa shape index (κ2) is 5.37. The first kappa shape index (κ1) is 13.9. The molecule has 1 saturated carbocycles. The number of halogens is 1. The summed E-state index contributed by atoms with van der Waals surface area (Å²) in [7, 11) is 1.80. The summed E-state index contributed by atoms with van der Waals surface area (Å²) in [4.78, 5) is 6.71. The number of methoxy groups -OCH3 is 1. The number of rotatable bonds is 2. The Labute approximate surface area is 128 Å². The van der Waals surface area contributed by atoms with Crippen molar-refractivity contribution in [1.82, 2.24) is 0 Å². The van der Waals surface area contributed by atoms with Crippen molar-refractivity contribution >= 4 is 27.6 Å². The number of anilines is 1. The minimum atomic E-state index is -0.113. The highest BCUT2D eigenvalue weighted by Gasteiger charge is 2.50. The first-order valence-corrected chi connectivity index (χ1v) is 7.85. The quantitative estimate of drug-likeness (QED) is 0.902. The van der Waals surface area contributed by atoms with Crippen LogP contribution in [0.15, 0.2) is 33.7 Å². The molecule has 0 bridgehead atoms. The minimum Gasteiger partial charge on any atom is -0.379 e. The zero-order chi connectivity index (χ0) is 14.2. The topological polar surface area (TPSA) is 50.9 Å². The third-order valence-electron chi connectivity index (χ3n) is 4.47. The molecule has 2 atom stereocenters. The maximum Gasteiger partial charge on any atom is 0.196 e. The fraction of sp³-hybridized carbons (Fsp3) is 0.533. The molecule has 0 radical (unpaired) electrons. The van der Waals surface area contributed by atoms with Gasteiger partial charge in [0.1, 0.15) is 0 Å². The molecule has 2 N–H and O–H groups in total. The van der Waals surface area contributed by atoms with Gasteiger partial charge in [-0.25, -0.2) is 0 Å². The average Bonchev–Trinajstić information content (AvgIpc) is 2.77. The molecule has 1 aliphatic heterocycles. The number of hydrogen-bond acceptors (Lipinski definition) is 4. The van der Waals surface area contributed by atoms with Crippen molar-refractivity contribution in [1.29, 1.82) is 0 Å². The van der Waals surface area contributed by atoms with Gasteiger partial charge in [0.2, 0.25) is 0 Å². The highest BCUT2D eigenvalue weighted by molar-refractivity contribution is 9.10. The van der Waals surface area contributed by atoms with Crippen molar-refractivity contribution in [2.75, 3.05) is 18.6 Å². The van der Waals surface area contributed by atoms with Gasteiger partial charge in [-0.3, -0.25) is 4.99 Å². The molecule has 108 valence electrons. The van der Waals surface area contributed by atoms with E-state index < -0.39 is 0 Å². The summed E-state index contributed by atoms with van der Waals surface area (Å²) in [6.07, 6.45) is 4.74. The number of benzene rings is 1. The summed E-state index contributed by atoms with van der Waals surface area (Å²) in [5, 5.41) is 0. The van der Waals surface area contributed by atoms with E-state index in [4.69, 9.17) is 10.5 Å². The molecule has 1 heterocycles. The van der Waals surface area contributed by atoms with Gasteiger partial charge in [-0.2, -0.15) is 0 Å². The molecule has 2 aliphatic rings. The van der Waals surface area contributed by atoms with Crippen molar-refractivity contribution in [2.45, 2.75) is 37.3 Å². The standard InChI is InChI=1S/C15H20BrN3O/c1-20-13-7-2-3-8-15(13)10-18-14(17)19(15)12-6-4-5-11(16)9-12/h4-6,9,13H,2-3,7-8,10H2,1H3,(H2,17,18).